The summed E-state index contributed by atoms with van der Waals surface area (Å²) in [5.74, 6) is 0. The van der Waals surface area contributed by atoms with E-state index in [2.05, 4.69) is 6.58 Å². The van der Waals surface area contributed by atoms with Crippen molar-refractivity contribution < 1.29 is 0 Å². The molecule has 0 radical (unpaired) electrons. The molecule has 2 heteroatoms. The van der Waals surface area contributed by atoms with Crippen LogP contribution in [0, 0.1) is 0 Å². The molecule has 12 heavy (non-hydrogen) atoms. The van der Waals surface area contributed by atoms with Gasteiger partial charge < -0.3 is 5.73 Å². The molecule has 0 bridgehead atoms. The van der Waals surface area contributed by atoms with Crippen LogP contribution in [0.3, 0.4) is 0 Å². The first-order valence-corrected chi connectivity index (χ1v) is 4.24. The van der Waals surface area contributed by atoms with E-state index >= 15 is 0 Å². The van der Waals surface area contributed by atoms with Gasteiger partial charge in [0.05, 0.1) is 0 Å². The van der Waals surface area contributed by atoms with Crippen molar-refractivity contribution in [3.8, 4) is 0 Å². The third-order valence-electron chi connectivity index (χ3n) is 1.70. The van der Waals surface area contributed by atoms with Crippen molar-refractivity contribution in [1.29, 1.82) is 0 Å². The van der Waals surface area contributed by atoms with Gasteiger partial charge in [0.15, 0.2) is 0 Å². The molecule has 0 aliphatic heterocycles. The summed E-state index contributed by atoms with van der Waals surface area (Å²) in [6.07, 6.45) is 2.59. The molecular weight excluding hydrogens is 170 g/mol. The van der Waals surface area contributed by atoms with Crippen molar-refractivity contribution in [2.45, 2.75) is 12.5 Å². The molecule has 0 heterocycles. The Morgan fingerprint density at radius 2 is 2.33 bits per heavy atom. The summed E-state index contributed by atoms with van der Waals surface area (Å²) in [7, 11) is 0. The molecule has 1 aromatic carbocycles. The lowest BCUT2D eigenvalue weighted by molar-refractivity contribution is 0.742. The maximum Gasteiger partial charge on any atom is 0.0409 e. The van der Waals surface area contributed by atoms with Crippen LogP contribution in [-0.4, -0.2) is 0 Å². The predicted octanol–water partition coefficient (Wildman–Crippen LogP) is 2.92. The van der Waals surface area contributed by atoms with Crippen LogP contribution in [0.4, 0.5) is 0 Å². The van der Waals surface area contributed by atoms with Crippen LogP contribution in [0.25, 0.3) is 0 Å². The quantitative estimate of drug-likeness (QED) is 0.713. The van der Waals surface area contributed by atoms with Crippen molar-refractivity contribution in [3.05, 3.63) is 47.5 Å². The maximum absolute atomic E-state index is 5.84. The summed E-state index contributed by atoms with van der Waals surface area (Å²) in [5, 5.41) is 0.729. The molecular formula is C10H12ClN. The third kappa shape index (κ3) is 2.36. The highest BCUT2D eigenvalue weighted by Crippen LogP contribution is 2.18. The zero-order chi connectivity index (χ0) is 8.97. The van der Waals surface area contributed by atoms with Gasteiger partial charge in [0, 0.05) is 11.1 Å². The minimum Gasteiger partial charge on any atom is -0.324 e. The number of halogens is 1. The van der Waals surface area contributed by atoms with Gasteiger partial charge in [0.1, 0.15) is 0 Å². The monoisotopic (exact) mass is 181 g/mol. The van der Waals surface area contributed by atoms with E-state index in [0.717, 1.165) is 17.0 Å². The number of rotatable bonds is 3. The lowest BCUT2D eigenvalue weighted by Gasteiger charge is -2.08. The molecule has 0 unspecified atom stereocenters. The normalized spacial score (nSPS) is 12.5. The fourth-order valence-corrected chi connectivity index (χ4v) is 1.25. The molecule has 1 nitrogen and oxygen atoms in total. The van der Waals surface area contributed by atoms with Gasteiger partial charge in [-0.1, -0.05) is 29.8 Å². The van der Waals surface area contributed by atoms with E-state index in [1.165, 1.54) is 0 Å². The van der Waals surface area contributed by atoms with Crippen LogP contribution < -0.4 is 5.73 Å². The van der Waals surface area contributed by atoms with Crippen molar-refractivity contribution in [1.82, 2.24) is 0 Å². The molecule has 0 aromatic heterocycles. The van der Waals surface area contributed by atoms with Gasteiger partial charge in [-0.2, -0.15) is 0 Å². The van der Waals surface area contributed by atoms with Crippen molar-refractivity contribution in [2.24, 2.45) is 5.73 Å². The maximum atomic E-state index is 5.84. The van der Waals surface area contributed by atoms with E-state index in [4.69, 9.17) is 17.3 Å². The van der Waals surface area contributed by atoms with Gasteiger partial charge in [0.25, 0.3) is 0 Å². The molecule has 0 fully saturated rings. The molecule has 0 aliphatic carbocycles. The highest BCUT2D eigenvalue weighted by atomic mass is 35.5. The standard InChI is InChI=1S/C10H12ClN/c1-2-4-10(12)8-5-3-6-9(11)7-8/h2-3,5-7,10H,1,4,12H2/t10-/m0/s1. The second kappa shape index (κ2) is 4.29. The minimum absolute atomic E-state index is 0.0150. The molecule has 0 saturated carbocycles. The second-order valence-electron chi connectivity index (χ2n) is 2.69. The van der Waals surface area contributed by atoms with E-state index in [-0.39, 0.29) is 6.04 Å². The van der Waals surface area contributed by atoms with Gasteiger partial charge >= 0.3 is 0 Å². The van der Waals surface area contributed by atoms with Gasteiger partial charge in [-0.05, 0) is 24.1 Å². The highest BCUT2D eigenvalue weighted by molar-refractivity contribution is 6.30. The smallest absolute Gasteiger partial charge is 0.0409 e. The molecule has 0 amide bonds. The van der Waals surface area contributed by atoms with E-state index in [9.17, 15) is 0 Å². The molecule has 0 aliphatic rings. The number of benzene rings is 1. The lowest BCUT2D eigenvalue weighted by Crippen LogP contribution is -2.08. The minimum atomic E-state index is 0.0150. The van der Waals surface area contributed by atoms with Crippen molar-refractivity contribution in [3.63, 3.8) is 0 Å². The van der Waals surface area contributed by atoms with Gasteiger partial charge in [-0.3, -0.25) is 0 Å². The summed E-state index contributed by atoms with van der Waals surface area (Å²) in [6, 6.07) is 7.61. The van der Waals surface area contributed by atoms with E-state index < -0.39 is 0 Å². The van der Waals surface area contributed by atoms with Crippen LogP contribution in [0.1, 0.15) is 18.0 Å². The molecule has 0 spiro atoms. The summed E-state index contributed by atoms with van der Waals surface area (Å²) in [6.45, 7) is 3.64. The lowest BCUT2D eigenvalue weighted by atomic mass is 10.1. The van der Waals surface area contributed by atoms with E-state index in [0.29, 0.717) is 0 Å². The predicted molar refractivity (Wildman–Crippen MR) is 53.2 cm³/mol. The zero-order valence-corrected chi connectivity index (χ0v) is 7.59. The summed E-state index contributed by atoms with van der Waals surface area (Å²) in [5.41, 5.74) is 6.90. The van der Waals surface area contributed by atoms with Crippen LogP contribution in [0.2, 0.25) is 5.02 Å². The average molecular weight is 182 g/mol. The Bertz CT molecular complexity index is 270. The number of nitrogens with two attached hydrogens (primary N) is 1. The second-order valence-corrected chi connectivity index (χ2v) is 3.12. The molecule has 0 saturated heterocycles. The Morgan fingerprint density at radius 3 is 2.92 bits per heavy atom. The van der Waals surface area contributed by atoms with E-state index in [1.54, 1.807) is 0 Å². The Morgan fingerprint density at radius 1 is 1.58 bits per heavy atom. The van der Waals surface area contributed by atoms with Gasteiger partial charge in [-0.25, -0.2) is 0 Å². The van der Waals surface area contributed by atoms with Crippen LogP contribution in [0.15, 0.2) is 36.9 Å². The van der Waals surface area contributed by atoms with Crippen molar-refractivity contribution >= 4 is 11.6 Å². The Hall–Kier alpha value is -0.790. The molecule has 1 aromatic rings. The van der Waals surface area contributed by atoms with Crippen LogP contribution in [-0.2, 0) is 0 Å². The van der Waals surface area contributed by atoms with Crippen molar-refractivity contribution in [2.75, 3.05) is 0 Å². The van der Waals surface area contributed by atoms with E-state index in [1.807, 2.05) is 30.3 Å². The topological polar surface area (TPSA) is 26.0 Å². The Kier molecular flexibility index (Phi) is 3.32. The first-order valence-electron chi connectivity index (χ1n) is 3.86. The SMILES string of the molecule is C=CC[C@H](N)c1cccc(Cl)c1. The molecule has 2 N–H and O–H groups in total. The summed E-state index contributed by atoms with van der Waals surface area (Å²) >= 11 is 5.81. The van der Waals surface area contributed by atoms with Gasteiger partial charge in [0.2, 0.25) is 0 Å². The largest absolute Gasteiger partial charge is 0.324 e. The zero-order valence-electron chi connectivity index (χ0n) is 6.83. The molecule has 1 rings (SSSR count). The Balaban J connectivity index is 2.80. The third-order valence-corrected chi connectivity index (χ3v) is 1.93. The molecule has 1 atom stereocenters. The Labute approximate surface area is 77.8 Å². The summed E-state index contributed by atoms with van der Waals surface area (Å²) < 4.78 is 0. The molecule has 64 valence electrons. The van der Waals surface area contributed by atoms with Crippen LogP contribution in [0.5, 0.6) is 0 Å². The van der Waals surface area contributed by atoms with Gasteiger partial charge in [-0.15, -0.1) is 6.58 Å². The fraction of sp³-hybridized carbons (Fsp3) is 0.200. The first-order chi connectivity index (χ1) is 5.74. The number of hydrogen-bond acceptors (Lipinski definition) is 1. The van der Waals surface area contributed by atoms with Crippen LogP contribution >= 0.6 is 11.6 Å². The highest BCUT2D eigenvalue weighted by Gasteiger charge is 2.02. The average Bonchev–Trinajstić information content (AvgIpc) is 2.05. The first kappa shape index (κ1) is 9.30. The summed E-state index contributed by atoms with van der Waals surface area (Å²) in [4.78, 5) is 0. The number of hydrogen-bond donors (Lipinski definition) is 1. The fourth-order valence-electron chi connectivity index (χ4n) is 1.05.